The van der Waals surface area contributed by atoms with E-state index in [1.165, 1.54) is 68.1 Å². The van der Waals surface area contributed by atoms with Crippen molar-refractivity contribution < 1.29 is 23.1 Å². The molecule has 1 aliphatic heterocycles. The molecule has 4 saturated carbocycles. The quantitative estimate of drug-likeness (QED) is 0.226. The Kier molecular flexibility index (Phi) is 10.6. The van der Waals surface area contributed by atoms with E-state index in [1.54, 1.807) is 24.5 Å². The highest BCUT2D eigenvalue weighted by molar-refractivity contribution is 7.91. The van der Waals surface area contributed by atoms with Crippen molar-refractivity contribution in [2.75, 3.05) is 44.3 Å². The summed E-state index contributed by atoms with van der Waals surface area (Å²) in [6.07, 6.45) is 21.2. The molecule has 8 rings (SSSR count). The molecule has 9 heteroatoms. The van der Waals surface area contributed by atoms with E-state index in [2.05, 4.69) is 75.5 Å². The lowest BCUT2D eigenvalue weighted by Gasteiger charge is -2.72. The van der Waals surface area contributed by atoms with Crippen LogP contribution in [0.25, 0.3) is 0 Å². The van der Waals surface area contributed by atoms with Gasteiger partial charge >= 0.3 is 5.97 Å². The van der Waals surface area contributed by atoms with Gasteiger partial charge in [0.1, 0.15) is 17.8 Å². The largest absolute Gasteiger partial charge is 0.492 e. The first-order valence-electron chi connectivity index (χ1n) is 22.4. The monoisotopic (exact) mass is 802 g/mol. The third-order valence-corrected chi connectivity index (χ3v) is 20.2. The molecule has 57 heavy (non-hydrogen) atoms. The van der Waals surface area contributed by atoms with Crippen LogP contribution in [-0.4, -0.2) is 79.2 Å². The SMILES string of the molecule is C=C(C)[C@@H]1CC[C@]2(NCCN3CCS(=O)(=O)CC3)CC[C@]3(C)[C@H](CCC4[C@@]5(C)CC=C(C6=CCC(COc7ccncc7)(C(=O)O)CC6)C(C)(C)C5CC[C@]43C)C12. The molecule has 1 saturated heterocycles. The number of hydrogen-bond acceptors (Lipinski definition) is 7. The predicted octanol–water partition coefficient (Wildman–Crippen LogP) is 8.91. The van der Waals surface area contributed by atoms with Crippen molar-refractivity contribution in [3.63, 3.8) is 0 Å². The molecule has 0 aromatic carbocycles. The molecular weight excluding hydrogens is 731 g/mol. The second-order valence-electron chi connectivity index (χ2n) is 21.3. The van der Waals surface area contributed by atoms with Gasteiger partial charge in [-0.3, -0.25) is 9.78 Å². The molecule has 7 aliphatic rings. The van der Waals surface area contributed by atoms with Gasteiger partial charge in [-0.25, -0.2) is 8.42 Å². The average molecular weight is 802 g/mol. The first-order chi connectivity index (χ1) is 26.9. The number of nitrogens with one attached hydrogen (secondary N) is 1. The Morgan fingerprint density at radius 1 is 0.930 bits per heavy atom. The fourth-order valence-corrected chi connectivity index (χ4v) is 16.5. The fourth-order valence-electron chi connectivity index (χ4n) is 15.2. The molecule has 5 fully saturated rings. The highest BCUT2D eigenvalue weighted by atomic mass is 32.2. The van der Waals surface area contributed by atoms with Crippen LogP contribution in [-0.2, 0) is 14.6 Å². The van der Waals surface area contributed by atoms with Gasteiger partial charge in [-0.15, -0.1) is 0 Å². The van der Waals surface area contributed by atoms with E-state index in [4.69, 9.17) is 4.74 Å². The lowest BCUT2D eigenvalue weighted by molar-refractivity contribution is -0.221. The van der Waals surface area contributed by atoms with Gasteiger partial charge in [0.15, 0.2) is 9.84 Å². The second kappa shape index (κ2) is 14.6. The number of carboxylic acid groups (broad SMARTS) is 1. The van der Waals surface area contributed by atoms with Crippen LogP contribution >= 0.6 is 0 Å². The number of carboxylic acids is 1. The van der Waals surface area contributed by atoms with E-state index >= 15 is 0 Å². The van der Waals surface area contributed by atoms with Gasteiger partial charge < -0.3 is 20.1 Å². The second-order valence-corrected chi connectivity index (χ2v) is 23.6. The van der Waals surface area contributed by atoms with Crippen molar-refractivity contribution in [1.82, 2.24) is 15.2 Å². The molecule has 10 atom stereocenters. The van der Waals surface area contributed by atoms with E-state index < -0.39 is 21.2 Å². The van der Waals surface area contributed by atoms with Crippen molar-refractivity contribution in [3.8, 4) is 5.75 Å². The molecule has 0 spiro atoms. The van der Waals surface area contributed by atoms with E-state index in [0.29, 0.717) is 72.8 Å². The van der Waals surface area contributed by atoms with Crippen LogP contribution < -0.4 is 10.1 Å². The minimum Gasteiger partial charge on any atom is -0.492 e. The Morgan fingerprint density at radius 3 is 2.33 bits per heavy atom. The molecule has 2 heterocycles. The number of allylic oxidation sites excluding steroid dienone is 5. The Labute approximate surface area is 343 Å². The summed E-state index contributed by atoms with van der Waals surface area (Å²) in [4.78, 5) is 19.1. The van der Waals surface area contributed by atoms with Crippen molar-refractivity contribution in [1.29, 1.82) is 0 Å². The van der Waals surface area contributed by atoms with Gasteiger partial charge in [-0.05, 0) is 159 Å². The summed E-state index contributed by atoms with van der Waals surface area (Å²) in [5.74, 6) is 3.53. The summed E-state index contributed by atoms with van der Waals surface area (Å²) in [5, 5.41) is 14.7. The highest BCUT2D eigenvalue weighted by Gasteiger charge is 2.70. The van der Waals surface area contributed by atoms with Crippen LogP contribution in [0.2, 0.25) is 0 Å². The lowest BCUT2D eigenvalue weighted by Crippen LogP contribution is -2.68. The maximum Gasteiger partial charge on any atom is 0.313 e. The van der Waals surface area contributed by atoms with E-state index in [0.717, 1.165) is 25.9 Å². The van der Waals surface area contributed by atoms with Crippen molar-refractivity contribution >= 4 is 15.8 Å². The van der Waals surface area contributed by atoms with Crippen molar-refractivity contribution in [2.45, 2.75) is 124 Å². The Morgan fingerprint density at radius 2 is 1.67 bits per heavy atom. The molecule has 4 unspecified atom stereocenters. The lowest BCUT2D eigenvalue weighted by atomic mass is 9.33. The number of carbonyl (C=O) groups is 1. The molecule has 1 aromatic rings. The molecule has 0 amide bonds. The Balaban J connectivity index is 1.01. The zero-order valence-electron chi connectivity index (χ0n) is 35.9. The molecule has 0 radical (unpaired) electrons. The summed E-state index contributed by atoms with van der Waals surface area (Å²) < 4.78 is 30.2. The third-order valence-electron chi connectivity index (χ3n) is 18.6. The summed E-state index contributed by atoms with van der Waals surface area (Å²) in [7, 11) is -2.87. The number of fused-ring (bicyclic) bond motifs is 7. The first kappa shape index (κ1) is 41.3. The number of hydrogen-bond donors (Lipinski definition) is 2. The smallest absolute Gasteiger partial charge is 0.313 e. The van der Waals surface area contributed by atoms with Gasteiger partial charge in [0.2, 0.25) is 0 Å². The number of ether oxygens (including phenoxy) is 1. The zero-order chi connectivity index (χ0) is 40.6. The average Bonchev–Trinajstić information content (AvgIpc) is 3.55. The Hall–Kier alpha value is -2.49. The molecule has 0 bridgehead atoms. The number of sulfone groups is 1. The molecule has 314 valence electrons. The molecule has 8 nitrogen and oxygen atoms in total. The third kappa shape index (κ3) is 6.71. The number of rotatable bonds is 10. The molecule has 1 aromatic heterocycles. The van der Waals surface area contributed by atoms with Crippen LogP contribution in [0.5, 0.6) is 5.75 Å². The van der Waals surface area contributed by atoms with Gasteiger partial charge in [-0.2, -0.15) is 0 Å². The topological polar surface area (TPSA) is 109 Å². The van der Waals surface area contributed by atoms with E-state index in [-0.39, 0.29) is 33.8 Å². The van der Waals surface area contributed by atoms with Crippen LogP contribution in [0, 0.1) is 56.7 Å². The number of pyridine rings is 1. The van der Waals surface area contributed by atoms with E-state index in [1.807, 2.05) is 0 Å². The van der Waals surface area contributed by atoms with Gasteiger partial charge in [0.05, 0.1) is 11.5 Å². The van der Waals surface area contributed by atoms with Crippen LogP contribution in [0.1, 0.15) is 119 Å². The number of aliphatic carboxylic acids is 1. The molecule has 2 N–H and O–H groups in total. The summed E-state index contributed by atoms with van der Waals surface area (Å²) >= 11 is 0. The summed E-state index contributed by atoms with van der Waals surface area (Å²) in [6, 6.07) is 3.58. The van der Waals surface area contributed by atoms with Crippen molar-refractivity contribution in [2.24, 2.45) is 56.7 Å². The summed E-state index contributed by atoms with van der Waals surface area (Å²) in [6.45, 7) is 23.3. The normalized spacial score (nSPS) is 42.3. The van der Waals surface area contributed by atoms with Gasteiger partial charge in [-0.1, -0.05) is 58.9 Å². The number of nitrogens with zero attached hydrogens (tertiary/aromatic N) is 2. The zero-order valence-corrected chi connectivity index (χ0v) is 36.7. The van der Waals surface area contributed by atoms with Gasteiger partial charge in [0, 0.05) is 44.1 Å². The summed E-state index contributed by atoms with van der Waals surface area (Å²) in [5.41, 5.74) is 4.16. The maximum absolute atomic E-state index is 12.7. The predicted molar refractivity (Wildman–Crippen MR) is 228 cm³/mol. The Bertz CT molecular complexity index is 1900. The van der Waals surface area contributed by atoms with Crippen LogP contribution in [0.3, 0.4) is 0 Å². The number of aromatic nitrogens is 1. The minimum atomic E-state index is -2.87. The van der Waals surface area contributed by atoms with Gasteiger partial charge in [0.25, 0.3) is 0 Å². The fraction of sp³-hybridized carbons (Fsp3) is 0.750. The van der Waals surface area contributed by atoms with Crippen LogP contribution in [0.15, 0.2) is 60.0 Å². The van der Waals surface area contributed by atoms with Crippen molar-refractivity contribution in [3.05, 3.63) is 60.0 Å². The highest BCUT2D eigenvalue weighted by Crippen LogP contribution is 2.76. The first-order valence-corrected chi connectivity index (χ1v) is 24.2. The molecular formula is C48H71N3O5S. The minimum absolute atomic E-state index is 0.00929. The molecule has 6 aliphatic carbocycles. The maximum atomic E-state index is 12.7. The van der Waals surface area contributed by atoms with Crippen LogP contribution in [0.4, 0.5) is 0 Å². The van der Waals surface area contributed by atoms with E-state index in [9.17, 15) is 18.3 Å². The standard InChI is InChI=1S/C48H71N3O5S/c1-33(2)36-12-21-48(50-26-27-51-28-30-57(54,55)31-29-51)23-22-45(6)38(41(36)48)8-9-40-44(5)17-13-37(43(3,4)39(44)14-18-46(40,45)7)34-10-19-47(20-11-34,42(52)53)32-56-35-15-24-49-25-16-35/h10,13,15-16,24-25,36,38-41,50H,1,8-9,11-12,14,17-23,26-32H2,2-7H3,(H,52,53)/t36-,38+,39?,40?,41?,44-,45+,46+,47?,48-/m0/s1.